The normalized spacial score (nSPS) is 24.5. The summed E-state index contributed by atoms with van der Waals surface area (Å²) >= 11 is 0. The van der Waals surface area contributed by atoms with Gasteiger partial charge in [-0.15, -0.1) is 0 Å². The van der Waals surface area contributed by atoms with E-state index in [1.807, 2.05) is 25.2 Å². The fourth-order valence-corrected chi connectivity index (χ4v) is 9.30. The highest BCUT2D eigenvalue weighted by Crippen LogP contribution is 2.62. The maximum atomic E-state index is 15.0. The van der Waals surface area contributed by atoms with Crippen molar-refractivity contribution in [3.05, 3.63) is 64.5 Å². The molecule has 2 saturated carbocycles. The van der Waals surface area contributed by atoms with Crippen molar-refractivity contribution in [1.29, 1.82) is 0 Å². The molecule has 5 atom stereocenters. The first-order valence-electron chi connectivity index (χ1n) is 19.1. The zero-order valence-electron chi connectivity index (χ0n) is 31.2. The lowest BCUT2D eigenvalue weighted by molar-refractivity contribution is -0.457. The fourth-order valence-electron chi connectivity index (χ4n) is 9.30. The van der Waals surface area contributed by atoms with Crippen LogP contribution in [0.1, 0.15) is 99.3 Å². The highest BCUT2D eigenvalue weighted by atomic mass is 19.4. The average Bonchev–Trinajstić information content (AvgIpc) is 3.43. The topological polar surface area (TPSA) is 51.2 Å². The van der Waals surface area contributed by atoms with Crippen LogP contribution in [0.2, 0.25) is 0 Å². The second-order valence-electron chi connectivity index (χ2n) is 15.7. The van der Waals surface area contributed by atoms with Crippen LogP contribution >= 0.6 is 0 Å². The van der Waals surface area contributed by atoms with E-state index in [0.29, 0.717) is 36.1 Å². The van der Waals surface area contributed by atoms with Crippen LogP contribution in [0, 0.1) is 23.1 Å². The van der Waals surface area contributed by atoms with E-state index in [4.69, 9.17) is 14.6 Å². The first kappa shape index (κ1) is 43.5. The van der Waals surface area contributed by atoms with Crippen molar-refractivity contribution >= 4 is 0 Å². The van der Waals surface area contributed by atoms with Crippen molar-refractivity contribution in [3.63, 3.8) is 0 Å². The lowest BCUT2D eigenvalue weighted by Gasteiger charge is -2.50. The Labute approximate surface area is 315 Å². The summed E-state index contributed by atoms with van der Waals surface area (Å²) in [6.45, 7) is 2.08. The number of hydrogen-bond acceptors (Lipinski definition) is 5. The Kier molecular flexibility index (Phi) is 13.8. The number of aryl methyl sites for hydroxylation is 1. The lowest BCUT2D eigenvalue weighted by Crippen LogP contribution is -2.67. The van der Waals surface area contributed by atoms with Crippen LogP contribution in [0.5, 0.6) is 5.75 Å². The number of aliphatic hydroxyl groups is 1. The smallest absolute Gasteiger partial charge is 0.435 e. The predicted octanol–water partition coefficient (Wildman–Crippen LogP) is 10.5. The molecule has 2 aromatic carbocycles. The molecule has 15 heteroatoms. The number of nitrogens with zero attached hydrogens (tertiary/aromatic N) is 1. The Hall–Kier alpha value is -2.62. The molecule has 0 aliphatic heterocycles. The van der Waals surface area contributed by atoms with Crippen LogP contribution in [0.4, 0.5) is 43.9 Å². The molecule has 2 fully saturated rings. The molecule has 3 aliphatic carbocycles. The SMILES string of the molecule is CN(CCCCCCO)Cc1ccc(COc2ccc3c(c2)CC[C@@H]2[C@@H]3CC[C@]3(C)[C@@H](OCCCOC(C(F)(F)F)(C(F)(F)F)C(F)(F)F)CC[C@@H]23)cc1F. The van der Waals surface area contributed by atoms with Gasteiger partial charge in [0.15, 0.2) is 0 Å². The van der Waals surface area contributed by atoms with E-state index >= 15 is 0 Å². The van der Waals surface area contributed by atoms with Gasteiger partial charge in [0.1, 0.15) is 18.2 Å². The van der Waals surface area contributed by atoms with Crippen molar-refractivity contribution in [2.75, 3.05) is 33.4 Å². The first-order chi connectivity index (χ1) is 25.8. The van der Waals surface area contributed by atoms with Gasteiger partial charge in [-0.2, -0.15) is 39.5 Å². The zero-order chi connectivity index (χ0) is 40.2. The molecule has 0 spiro atoms. The molecular formula is C40H51F10NO4. The van der Waals surface area contributed by atoms with E-state index in [1.54, 1.807) is 6.07 Å². The molecule has 0 amide bonds. The lowest BCUT2D eigenvalue weighted by atomic mass is 9.55. The molecule has 310 valence electrons. The summed E-state index contributed by atoms with van der Waals surface area (Å²) < 4.78 is 149. The van der Waals surface area contributed by atoms with Gasteiger partial charge >= 0.3 is 24.1 Å². The highest BCUT2D eigenvalue weighted by Gasteiger charge is 2.85. The van der Waals surface area contributed by atoms with Crippen molar-refractivity contribution in [1.82, 2.24) is 4.90 Å². The summed E-state index contributed by atoms with van der Waals surface area (Å²) in [5.41, 5.74) is -2.78. The fraction of sp³-hybridized carbons (Fsp3) is 0.700. The van der Waals surface area contributed by atoms with Crippen LogP contribution in [-0.2, 0) is 29.0 Å². The Morgan fingerprint density at radius 2 is 1.53 bits per heavy atom. The molecule has 5 rings (SSSR count). The largest absolute Gasteiger partial charge is 0.489 e. The highest BCUT2D eigenvalue weighted by molar-refractivity contribution is 5.41. The number of unbranched alkanes of at least 4 members (excludes halogenated alkanes) is 3. The van der Waals surface area contributed by atoms with Crippen molar-refractivity contribution < 1.29 is 63.2 Å². The maximum absolute atomic E-state index is 15.0. The second kappa shape index (κ2) is 17.5. The van der Waals surface area contributed by atoms with Crippen molar-refractivity contribution in [2.24, 2.45) is 17.3 Å². The molecule has 3 aliphatic rings. The second-order valence-corrected chi connectivity index (χ2v) is 15.7. The summed E-state index contributed by atoms with van der Waals surface area (Å²) in [6, 6.07) is 11.3. The van der Waals surface area contributed by atoms with Crippen molar-refractivity contribution in [3.8, 4) is 5.75 Å². The molecule has 0 unspecified atom stereocenters. The molecule has 0 aromatic heterocycles. The van der Waals surface area contributed by atoms with E-state index in [9.17, 15) is 43.9 Å². The average molecular weight is 800 g/mol. The van der Waals surface area contributed by atoms with Gasteiger partial charge in [-0.3, -0.25) is 0 Å². The number of rotatable bonds is 17. The van der Waals surface area contributed by atoms with E-state index in [1.165, 1.54) is 17.2 Å². The van der Waals surface area contributed by atoms with Gasteiger partial charge in [0, 0.05) is 25.3 Å². The minimum Gasteiger partial charge on any atom is -0.489 e. The van der Waals surface area contributed by atoms with Gasteiger partial charge in [-0.05, 0) is 129 Å². The Balaban J connectivity index is 1.11. The molecule has 0 saturated heterocycles. The number of halogens is 10. The first-order valence-corrected chi connectivity index (χ1v) is 19.1. The molecule has 1 N–H and O–H groups in total. The summed E-state index contributed by atoms with van der Waals surface area (Å²) in [5, 5.41) is 8.91. The van der Waals surface area contributed by atoms with E-state index in [2.05, 4.69) is 22.6 Å². The summed E-state index contributed by atoms with van der Waals surface area (Å²) in [5.74, 6) is 1.32. The maximum Gasteiger partial charge on any atom is 0.435 e. The van der Waals surface area contributed by atoms with Gasteiger partial charge in [-0.25, -0.2) is 4.39 Å². The molecule has 0 bridgehead atoms. The summed E-state index contributed by atoms with van der Waals surface area (Å²) in [7, 11) is 1.96. The molecule has 55 heavy (non-hydrogen) atoms. The zero-order valence-corrected chi connectivity index (χ0v) is 31.2. The van der Waals surface area contributed by atoms with Gasteiger partial charge in [0.25, 0.3) is 0 Å². The van der Waals surface area contributed by atoms with Crippen LogP contribution in [0.15, 0.2) is 36.4 Å². The van der Waals surface area contributed by atoms with Gasteiger partial charge in [0.2, 0.25) is 0 Å². The minimum absolute atomic E-state index is 0.203. The number of benzene rings is 2. The molecular weight excluding hydrogens is 748 g/mol. The third-order valence-corrected chi connectivity index (χ3v) is 12.1. The quantitative estimate of drug-likeness (QED) is 0.128. The third kappa shape index (κ3) is 9.41. The van der Waals surface area contributed by atoms with E-state index in [0.717, 1.165) is 69.9 Å². The minimum atomic E-state index is -6.75. The molecule has 2 aromatic rings. The number of aliphatic hydroxyl groups excluding tert-OH is 1. The van der Waals surface area contributed by atoms with Crippen LogP contribution in [0.25, 0.3) is 0 Å². The predicted molar refractivity (Wildman–Crippen MR) is 185 cm³/mol. The van der Waals surface area contributed by atoms with Gasteiger partial charge < -0.3 is 24.2 Å². The summed E-state index contributed by atoms with van der Waals surface area (Å²) in [6.07, 6.45) is -12.6. The molecule has 0 heterocycles. The Bertz CT molecular complexity index is 1530. The Morgan fingerprint density at radius 1 is 0.818 bits per heavy atom. The van der Waals surface area contributed by atoms with Crippen molar-refractivity contribution in [2.45, 2.75) is 127 Å². The number of fused-ring (bicyclic) bond motifs is 5. The van der Waals surface area contributed by atoms with Gasteiger partial charge in [0.05, 0.1) is 12.7 Å². The molecule has 5 nitrogen and oxygen atoms in total. The molecule has 0 radical (unpaired) electrons. The monoisotopic (exact) mass is 799 g/mol. The Morgan fingerprint density at radius 3 is 2.20 bits per heavy atom. The van der Waals surface area contributed by atoms with Crippen LogP contribution < -0.4 is 4.74 Å². The number of hydrogen-bond donors (Lipinski definition) is 1. The van der Waals surface area contributed by atoms with E-state index < -0.39 is 37.2 Å². The third-order valence-electron chi connectivity index (χ3n) is 12.1. The van der Waals surface area contributed by atoms with Crippen LogP contribution in [-0.4, -0.2) is 73.7 Å². The number of alkyl halides is 9. The standard InChI is InChI=1S/C40H51F10NO4/c1-36-17-16-31-30-13-11-29(54-25-26-8-9-28(34(41)22-26)24-51(2)18-5-3-4-6-19-52)23-27(30)10-12-32(31)33(36)14-15-35(36)53-20-7-21-55-37(38(42,43)44,39(45,46)47)40(48,49)50/h8-9,11,13,22-23,31-33,35,52H,3-7,10,12,14-21,24-25H2,1-2H3/t31-,32-,33+,35+,36+/m1/s1. The number of ether oxygens (including phenoxy) is 3. The van der Waals surface area contributed by atoms with Gasteiger partial charge in [-0.1, -0.05) is 38.0 Å². The van der Waals surface area contributed by atoms with Crippen LogP contribution in [0.3, 0.4) is 0 Å². The summed E-state index contributed by atoms with van der Waals surface area (Å²) in [4.78, 5) is 2.09. The van der Waals surface area contributed by atoms with E-state index in [-0.39, 0.29) is 43.1 Å².